The Morgan fingerprint density at radius 3 is 2.46 bits per heavy atom. The number of amides is 4. The Hall–Kier alpha value is -3.88. The monoisotopic (exact) mass is 506 g/mol. The molecule has 9 heteroatoms. The molecule has 9 nitrogen and oxygen atoms in total. The van der Waals surface area contributed by atoms with Crippen molar-refractivity contribution in [1.29, 1.82) is 0 Å². The van der Waals surface area contributed by atoms with Gasteiger partial charge < -0.3 is 25.6 Å². The standard InChI is InChI=1S/C28H34N4O5/c1-32-16-17-37-24-13-6-5-12-21(24)26(34)31-22(27(35)29-20-10-7-11-20)14-15-25(33)30-23(28(32)36)18-19-8-3-2-4-9-19/h2-6,8-9,12-13,20,22-23H,7,10-11,14-18H2,1H3,(H,29,35)(H,30,33)(H,31,34)/t22-,23+/m0/s1. The van der Waals surface area contributed by atoms with Crippen molar-refractivity contribution >= 4 is 23.6 Å². The fourth-order valence-corrected chi connectivity index (χ4v) is 4.40. The van der Waals surface area contributed by atoms with Gasteiger partial charge in [-0.25, -0.2) is 0 Å². The molecule has 4 rings (SSSR count). The second kappa shape index (κ2) is 12.4. The van der Waals surface area contributed by atoms with Gasteiger partial charge in [0.25, 0.3) is 5.91 Å². The van der Waals surface area contributed by atoms with Crippen LogP contribution in [0.2, 0.25) is 0 Å². The number of nitrogens with zero attached hydrogens (tertiary/aromatic N) is 1. The molecular weight excluding hydrogens is 472 g/mol. The SMILES string of the molecule is CN1CCOc2ccccc2C(=O)N[C@H](C(=O)NC2CCC2)CCC(=O)N[C@H](Cc2ccccc2)C1=O. The molecule has 1 aliphatic carbocycles. The van der Waals surface area contributed by atoms with Crippen LogP contribution < -0.4 is 20.7 Å². The van der Waals surface area contributed by atoms with Crippen molar-refractivity contribution in [3.8, 4) is 5.75 Å². The van der Waals surface area contributed by atoms with Crippen LogP contribution in [0.3, 0.4) is 0 Å². The molecule has 37 heavy (non-hydrogen) atoms. The maximum absolute atomic E-state index is 13.3. The molecule has 0 radical (unpaired) electrons. The van der Waals surface area contributed by atoms with Crippen LogP contribution in [-0.2, 0) is 20.8 Å². The van der Waals surface area contributed by atoms with E-state index in [9.17, 15) is 19.2 Å². The van der Waals surface area contributed by atoms with Crippen LogP contribution in [0.25, 0.3) is 0 Å². The summed E-state index contributed by atoms with van der Waals surface area (Å²) in [6.07, 6.45) is 3.27. The summed E-state index contributed by atoms with van der Waals surface area (Å²) < 4.78 is 5.87. The number of benzene rings is 2. The first-order chi connectivity index (χ1) is 17.9. The van der Waals surface area contributed by atoms with E-state index in [4.69, 9.17) is 4.74 Å². The van der Waals surface area contributed by atoms with Gasteiger partial charge in [0.15, 0.2) is 0 Å². The Morgan fingerprint density at radius 2 is 1.73 bits per heavy atom. The molecule has 0 spiro atoms. The van der Waals surface area contributed by atoms with E-state index < -0.39 is 18.0 Å². The highest BCUT2D eigenvalue weighted by molar-refractivity contribution is 6.00. The molecule has 1 heterocycles. The molecule has 0 unspecified atom stereocenters. The van der Waals surface area contributed by atoms with Gasteiger partial charge in [-0.2, -0.15) is 0 Å². The minimum Gasteiger partial charge on any atom is -0.491 e. The predicted octanol–water partition coefficient (Wildman–Crippen LogP) is 1.81. The van der Waals surface area contributed by atoms with Gasteiger partial charge in [0.05, 0.1) is 12.1 Å². The van der Waals surface area contributed by atoms with Gasteiger partial charge in [-0.15, -0.1) is 0 Å². The maximum Gasteiger partial charge on any atom is 0.255 e. The first-order valence-electron chi connectivity index (χ1n) is 12.8. The lowest BCUT2D eigenvalue weighted by Gasteiger charge is -2.29. The molecule has 1 saturated carbocycles. The summed E-state index contributed by atoms with van der Waals surface area (Å²) in [7, 11) is 1.66. The summed E-state index contributed by atoms with van der Waals surface area (Å²) in [5, 5.41) is 8.61. The van der Waals surface area contributed by atoms with Gasteiger partial charge >= 0.3 is 0 Å². The molecule has 0 bridgehead atoms. The molecule has 1 aliphatic heterocycles. The number of fused-ring (bicyclic) bond motifs is 1. The van der Waals surface area contributed by atoms with E-state index in [0.29, 0.717) is 17.7 Å². The predicted molar refractivity (Wildman–Crippen MR) is 138 cm³/mol. The van der Waals surface area contributed by atoms with Crippen molar-refractivity contribution < 1.29 is 23.9 Å². The molecule has 2 aromatic rings. The smallest absolute Gasteiger partial charge is 0.255 e. The minimum atomic E-state index is -0.900. The number of rotatable bonds is 4. The zero-order valence-corrected chi connectivity index (χ0v) is 21.1. The van der Waals surface area contributed by atoms with Gasteiger partial charge in [-0.1, -0.05) is 42.5 Å². The lowest BCUT2D eigenvalue weighted by molar-refractivity contribution is -0.135. The van der Waals surface area contributed by atoms with Crippen LogP contribution in [0, 0.1) is 0 Å². The summed E-state index contributed by atoms with van der Waals surface area (Å²) in [4.78, 5) is 53.9. The van der Waals surface area contributed by atoms with E-state index >= 15 is 0 Å². The van der Waals surface area contributed by atoms with Gasteiger partial charge in [0.1, 0.15) is 24.4 Å². The molecular formula is C28H34N4O5. The summed E-state index contributed by atoms with van der Waals surface area (Å²) in [6.45, 7) is 0.423. The van der Waals surface area contributed by atoms with Crippen LogP contribution in [0.1, 0.15) is 48.0 Å². The van der Waals surface area contributed by atoms with Crippen molar-refractivity contribution in [3.63, 3.8) is 0 Å². The van der Waals surface area contributed by atoms with Crippen molar-refractivity contribution in [1.82, 2.24) is 20.9 Å². The first kappa shape index (κ1) is 26.2. The Kier molecular flexibility index (Phi) is 8.77. The molecule has 2 aliphatic rings. The normalized spacial score (nSPS) is 21.8. The zero-order chi connectivity index (χ0) is 26.2. The van der Waals surface area contributed by atoms with Crippen LogP contribution in [0.5, 0.6) is 5.75 Å². The van der Waals surface area contributed by atoms with Gasteiger partial charge in [-0.3, -0.25) is 19.2 Å². The Labute approximate surface area is 216 Å². The van der Waals surface area contributed by atoms with E-state index in [1.54, 1.807) is 31.3 Å². The topological polar surface area (TPSA) is 117 Å². The molecule has 196 valence electrons. The third-order valence-electron chi connectivity index (χ3n) is 6.84. The highest BCUT2D eigenvalue weighted by Crippen LogP contribution is 2.20. The van der Waals surface area contributed by atoms with Crippen LogP contribution in [0.4, 0.5) is 0 Å². The fourth-order valence-electron chi connectivity index (χ4n) is 4.40. The molecule has 3 N–H and O–H groups in total. The molecule has 0 saturated heterocycles. The number of carbonyl (C=O) groups excluding carboxylic acids is 4. The van der Waals surface area contributed by atoms with Gasteiger partial charge in [-0.05, 0) is 43.4 Å². The number of hydrogen-bond donors (Lipinski definition) is 3. The molecule has 2 atom stereocenters. The second-order valence-electron chi connectivity index (χ2n) is 9.62. The lowest BCUT2D eigenvalue weighted by Crippen LogP contribution is -2.52. The highest BCUT2D eigenvalue weighted by Gasteiger charge is 2.29. The number of hydrogen-bond acceptors (Lipinski definition) is 5. The van der Waals surface area contributed by atoms with Crippen LogP contribution >= 0.6 is 0 Å². The van der Waals surface area contributed by atoms with E-state index in [2.05, 4.69) is 16.0 Å². The van der Waals surface area contributed by atoms with Crippen molar-refractivity contribution in [2.24, 2.45) is 0 Å². The maximum atomic E-state index is 13.3. The molecule has 2 aromatic carbocycles. The number of likely N-dealkylation sites (N-methyl/N-ethyl adjacent to an activating group) is 1. The highest BCUT2D eigenvalue weighted by atomic mass is 16.5. The van der Waals surface area contributed by atoms with Gasteiger partial charge in [0, 0.05) is 25.9 Å². The number of para-hydroxylation sites is 1. The summed E-state index contributed by atoms with van der Waals surface area (Å²) >= 11 is 0. The van der Waals surface area contributed by atoms with Crippen molar-refractivity contribution in [3.05, 3.63) is 65.7 Å². The average Bonchev–Trinajstić information content (AvgIpc) is 2.88. The number of ether oxygens (including phenoxy) is 1. The minimum absolute atomic E-state index is 0.0243. The summed E-state index contributed by atoms with van der Waals surface area (Å²) in [5.74, 6) is -0.998. The fraction of sp³-hybridized carbons (Fsp3) is 0.429. The van der Waals surface area contributed by atoms with Gasteiger partial charge in [0.2, 0.25) is 17.7 Å². The first-order valence-corrected chi connectivity index (χ1v) is 12.8. The Balaban J connectivity index is 1.57. The van der Waals surface area contributed by atoms with E-state index in [1.807, 2.05) is 30.3 Å². The van der Waals surface area contributed by atoms with Crippen LogP contribution in [-0.4, -0.2) is 66.9 Å². The average molecular weight is 507 g/mol. The third kappa shape index (κ3) is 7.09. The van der Waals surface area contributed by atoms with Crippen molar-refractivity contribution in [2.75, 3.05) is 20.2 Å². The largest absolute Gasteiger partial charge is 0.491 e. The van der Waals surface area contributed by atoms with E-state index in [1.165, 1.54) is 4.90 Å². The quantitative estimate of drug-likeness (QED) is 0.585. The summed E-state index contributed by atoms with van der Waals surface area (Å²) in [5.41, 5.74) is 1.21. The zero-order valence-electron chi connectivity index (χ0n) is 21.1. The lowest BCUT2D eigenvalue weighted by atomic mass is 9.92. The second-order valence-corrected chi connectivity index (χ2v) is 9.62. The molecule has 4 amide bonds. The third-order valence-corrected chi connectivity index (χ3v) is 6.84. The molecule has 1 fully saturated rings. The molecule has 0 aromatic heterocycles. The van der Waals surface area contributed by atoms with Crippen LogP contribution in [0.15, 0.2) is 54.6 Å². The van der Waals surface area contributed by atoms with E-state index in [0.717, 1.165) is 24.8 Å². The number of nitrogens with one attached hydrogen (secondary N) is 3. The van der Waals surface area contributed by atoms with E-state index in [-0.39, 0.29) is 49.8 Å². The number of carbonyl (C=O) groups is 4. The Bertz CT molecular complexity index is 1120. The Morgan fingerprint density at radius 1 is 1.00 bits per heavy atom. The van der Waals surface area contributed by atoms with Crippen molar-refractivity contribution in [2.45, 2.75) is 56.7 Å². The summed E-state index contributed by atoms with van der Waals surface area (Å²) in [6, 6.07) is 14.7.